The highest BCUT2D eigenvalue weighted by molar-refractivity contribution is 5.46. The van der Waals surface area contributed by atoms with E-state index in [1.54, 1.807) is 0 Å². The maximum atomic E-state index is 3.66. The molecule has 1 rings (SSSR count). The predicted molar refractivity (Wildman–Crippen MR) is 60.9 cm³/mol. The molecule has 0 bridgehead atoms. The van der Waals surface area contributed by atoms with Crippen LogP contribution in [0.25, 0.3) is 6.08 Å². The van der Waals surface area contributed by atoms with Crippen LogP contribution in [0.4, 0.5) is 0 Å². The van der Waals surface area contributed by atoms with Crippen LogP contribution in [0.1, 0.15) is 11.1 Å². The average Bonchev–Trinajstić information content (AvgIpc) is 2.05. The molecule has 13 heavy (non-hydrogen) atoms. The molecule has 0 aliphatic heterocycles. The molecule has 0 aliphatic rings. The van der Waals surface area contributed by atoms with Gasteiger partial charge in [0.2, 0.25) is 0 Å². The van der Waals surface area contributed by atoms with Gasteiger partial charge in [-0.25, -0.2) is 0 Å². The highest BCUT2D eigenvalue weighted by atomic mass is 15.0. The molecule has 0 N–H and O–H groups in total. The second-order valence-electron chi connectivity index (χ2n) is 3.46. The molecule has 0 spiro atoms. The Hall–Kier alpha value is -1.08. The number of hydrogen-bond acceptors (Lipinski definition) is 1. The Bertz CT molecular complexity index is 231. The van der Waals surface area contributed by atoms with Crippen molar-refractivity contribution in [2.24, 2.45) is 0 Å². The lowest BCUT2D eigenvalue weighted by atomic mass is 10.2. The van der Waals surface area contributed by atoms with Crippen molar-refractivity contribution in [1.82, 2.24) is 4.90 Å². The molecule has 1 nitrogen and oxygen atoms in total. The highest BCUT2D eigenvalue weighted by Gasteiger charge is 1.82. The number of rotatable bonds is 1. The van der Waals surface area contributed by atoms with Crippen LogP contribution in [0.3, 0.4) is 0 Å². The lowest BCUT2D eigenvalue weighted by molar-refractivity contribution is 0.505. The normalized spacial score (nSPS) is 9.00. The second-order valence-corrected chi connectivity index (χ2v) is 3.46. The molecule has 0 atom stereocenters. The quantitative estimate of drug-likeness (QED) is 0.637. The van der Waals surface area contributed by atoms with E-state index in [9.17, 15) is 0 Å². The van der Waals surface area contributed by atoms with Crippen LogP contribution in [0.15, 0.2) is 30.8 Å². The monoisotopic (exact) mass is 177 g/mol. The van der Waals surface area contributed by atoms with Gasteiger partial charge in [0.05, 0.1) is 0 Å². The highest BCUT2D eigenvalue weighted by Crippen LogP contribution is 2.02. The van der Waals surface area contributed by atoms with E-state index < -0.39 is 0 Å². The summed E-state index contributed by atoms with van der Waals surface area (Å²) in [6.07, 6.45) is 1.85. The smallest absolute Gasteiger partial charge is 0.0140 e. The maximum Gasteiger partial charge on any atom is -0.0140 e. The van der Waals surface area contributed by atoms with Gasteiger partial charge < -0.3 is 4.90 Å². The summed E-state index contributed by atoms with van der Waals surface area (Å²) in [5.41, 5.74) is 2.47. The zero-order chi connectivity index (χ0) is 10.3. The lowest BCUT2D eigenvalue weighted by Crippen LogP contribution is -1.99. The molecule has 0 radical (unpaired) electrons. The van der Waals surface area contributed by atoms with Gasteiger partial charge in [-0.05, 0) is 33.6 Å². The molecule has 0 heterocycles. The number of benzene rings is 1. The molecule has 1 heteroatoms. The summed E-state index contributed by atoms with van der Waals surface area (Å²) in [5.74, 6) is 0. The predicted octanol–water partition coefficient (Wildman–Crippen LogP) is 2.82. The van der Waals surface area contributed by atoms with Gasteiger partial charge in [-0.3, -0.25) is 0 Å². The fourth-order valence-electron chi connectivity index (χ4n) is 0.703. The molecule has 0 unspecified atom stereocenters. The molecule has 1 aromatic carbocycles. The first-order chi connectivity index (χ1) is 6.06. The fourth-order valence-corrected chi connectivity index (χ4v) is 0.703. The van der Waals surface area contributed by atoms with Crippen molar-refractivity contribution >= 4 is 6.08 Å². The van der Waals surface area contributed by atoms with Crippen LogP contribution in [0.5, 0.6) is 0 Å². The van der Waals surface area contributed by atoms with E-state index in [1.165, 1.54) is 11.1 Å². The maximum absolute atomic E-state index is 3.66. The van der Waals surface area contributed by atoms with E-state index in [2.05, 4.69) is 37.8 Å². The third-order valence-electron chi connectivity index (χ3n) is 1.31. The molecule has 72 valence electrons. The molecular weight excluding hydrogens is 158 g/mol. The zero-order valence-electron chi connectivity index (χ0n) is 9.04. The van der Waals surface area contributed by atoms with Crippen molar-refractivity contribution in [2.45, 2.75) is 6.92 Å². The minimum atomic E-state index is 1.18. The van der Waals surface area contributed by atoms with Crippen LogP contribution in [0.2, 0.25) is 0 Å². The summed E-state index contributed by atoms with van der Waals surface area (Å²) in [7, 11) is 6.00. The Morgan fingerprint density at radius 2 is 1.46 bits per heavy atom. The van der Waals surface area contributed by atoms with Crippen LogP contribution in [0, 0.1) is 6.92 Å². The molecule has 0 saturated carbocycles. The van der Waals surface area contributed by atoms with Gasteiger partial charge in [-0.15, -0.1) is 0 Å². The van der Waals surface area contributed by atoms with E-state index in [4.69, 9.17) is 0 Å². The zero-order valence-corrected chi connectivity index (χ0v) is 9.04. The Kier molecular flexibility index (Phi) is 5.90. The van der Waals surface area contributed by atoms with Gasteiger partial charge >= 0.3 is 0 Å². The van der Waals surface area contributed by atoms with Gasteiger partial charge in [-0.1, -0.05) is 42.5 Å². The van der Waals surface area contributed by atoms with Crippen molar-refractivity contribution in [1.29, 1.82) is 0 Å². The Morgan fingerprint density at radius 3 is 1.77 bits per heavy atom. The van der Waals surface area contributed by atoms with Crippen molar-refractivity contribution in [3.8, 4) is 0 Å². The third-order valence-corrected chi connectivity index (χ3v) is 1.31. The largest absolute Gasteiger partial charge is 0.312 e. The van der Waals surface area contributed by atoms with E-state index in [1.807, 2.05) is 32.1 Å². The summed E-state index contributed by atoms with van der Waals surface area (Å²) >= 11 is 0. The summed E-state index contributed by atoms with van der Waals surface area (Å²) in [5, 5.41) is 0. The van der Waals surface area contributed by atoms with Gasteiger partial charge in [0.1, 0.15) is 0 Å². The molecular formula is C12H19N. The van der Waals surface area contributed by atoms with Crippen LogP contribution in [-0.2, 0) is 0 Å². The number of aryl methyl sites for hydroxylation is 1. The van der Waals surface area contributed by atoms with Crippen molar-refractivity contribution in [2.75, 3.05) is 21.1 Å². The molecule has 0 aliphatic carbocycles. The molecule has 1 aromatic rings. The summed E-state index contributed by atoms with van der Waals surface area (Å²) in [4.78, 5) is 2.00. The average molecular weight is 177 g/mol. The van der Waals surface area contributed by atoms with E-state index in [-0.39, 0.29) is 0 Å². The summed E-state index contributed by atoms with van der Waals surface area (Å²) < 4.78 is 0. The topological polar surface area (TPSA) is 3.24 Å². The lowest BCUT2D eigenvalue weighted by Gasteiger charge is -1.91. The van der Waals surface area contributed by atoms with Gasteiger partial charge in [0.15, 0.2) is 0 Å². The minimum Gasteiger partial charge on any atom is -0.312 e. The number of nitrogens with zero attached hydrogens (tertiary/aromatic N) is 1. The first-order valence-electron chi connectivity index (χ1n) is 4.36. The van der Waals surface area contributed by atoms with E-state index in [0.717, 1.165) is 0 Å². The molecule has 0 fully saturated rings. The van der Waals surface area contributed by atoms with Crippen LogP contribution < -0.4 is 0 Å². The van der Waals surface area contributed by atoms with Crippen molar-refractivity contribution < 1.29 is 0 Å². The first kappa shape index (κ1) is 11.9. The second kappa shape index (κ2) is 6.44. The standard InChI is InChI=1S/C9H10.C3H9N/c1-3-9-6-4-8(2)5-7-9;1-4(2)3/h3-7H,1H2,2H3;1-3H3. The fraction of sp³-hybridized carbons (Fsp3) is 0.333. The molecule has 0 amide bonds. The van der Waals surface area contributed by atoms with E-state index >= 15 is 0 Å². The van der Waals surface area contributed by atoms with Gasteiger partial charge in [-0.2, -0.15) is 0 Å². The first-order valence-corrected chi connectivity index (χ1v) is 4.36. The molecule has 0 saturated heterocycles. The van der Waals surface area contributed by atoms with Crippen molar-refractivity contribution in [3.63, 3.8) is 0 Å². The van der Waals surface area contributed by atoms with Gasteiger partial charge in [0.25, 0.3) is 0 Å². The summed E-state index contributed by atoms with van der Waals surface area (Å²) in [6, 6.07) is 8.28. The molecule has 0 aromatic heterocycles. The van der Waals surface area contributed by atoms with E-state index in [0.29, 0.717) is 0 Å². The number of hydrogen-bond donors (Lipinski definition) is 0. The summed E-state index contributed by atoms with van der Waals surface area (Å²) in [6.45, 7) is 5.74. The minimum absolute atomic E-state index is 1.18. The van der Waals surface area contributed by atoms with Crippen molar-refractivity contribution in [3.05, 3.63) is 42.0 Å². The Labute approximate surface area is 81.7 Å². The third kappa shape index (κ3) is 7.29. The Balaban J connectivity index is 0.000000310. The van der Waals surface area contributed by atoms with Crippen LogP contribution in [-0.4, -0.2) is 26.0 Å². The van der Waals surface area contributed by atoms with Gasteiger partial charge in [0, 0.05) is 0 Å². The Morgan fingerprint density at radius 1 is 1.08 bits per heavy atom. The van der Waals surface area contributed by atoms with Crippen LogP contribution >= 0.6 is 0 Å². The SMILES string of the molecule is C=Cc1ccc(C)cc1.CN(C)C.